The number of nitrogens with one attached hydrogen (secondary N) is 1. The van der Waals surface area contributed by atoms with Gasteiger partial charge < -0.3 is 9.80 Å². The molecule has 12 aromatic rings. The van der Waals surface area contributed by atoms with Gasteiger partial charge in [-0.3, -0.25) is 14.8 Å². The first-order chi connectivity index (χ1) is 45.0. The van der Waals surface area contributed by atoms with Crippen LogP contribution in [0.4, 0.5) is 0 Å². The van der Waals surface area contributed by atoms with E-state index in [2.05, 4.69) is 83.1 Å². The van der Waals surface area contributed by atoms with Crippen LogP contribution >= 0.6 is 46.4 Å². The van der Waals surface area contributed by atoms with Crippen LogP contribution in [0.2, 0.25) is 20.1 Å². The van der Waals surface area contributed by atoms with Crippen molar-refractivity contribution in [3.05, 3.63) is 164 Å². The quantitative estimate of drug-likeness (QED) is 0.113. The van der Waals surface area contributed by atoms with Crippen LogP contribution in [0.3, 0.4) is 0 Å². The van der Waals surface area contributed by atoms with Gasteiger partial charge >= 0.3 is 0 Å². The molecule has 22 nitrogen and oxygen atoms in total. The van der Waals surface area contributed by atoms with Crippen LogP contribution in [0.15, 0.2) is 121 Å². The third-order valence-corrected chi connectivity index (χ3v) is 19.0. The van der Waals surface area contributed by atoms with Gasteiger partial charge in [0.2, 0.25) is 11.6 Å². The number of nitrogens with zero attached hydrogens (tertiary/aromatic N) is 18. The van der Waals surface area contributed by atoms with Gasteiger partial charge in [-0.15, -0.1) is 40.8 Å². The summed E-state index contributed by atoms with van der Waals surface area (Å²) in [6, 6.07) is 39.0. The average Bonchev–Trinajstić information content (AvgIpc) is 1.64. The minimum atomic E-state index is -3.09. The Balaban J connectivity index is 0.000000121. The maximum absolute atomic E-state index is 12.4. The Hall–Kier alpha value is -8.42. The number of sulfone groups is 1. The lowest BCUT2D eigenvalue weighted by Gasteiger charge is -2.32. The first kappa shape index (κ1) is 64.7. The summed E-state index contributed by atoms with van der Waals surface area (Å²) < 4.78 is 28.2. The Morgan fingerprint density at radius 2 is 0.925 bits per heavy atom. The highest BCUT2D eigenvalue weighted by Gasteiger charge is 2.32. The Bertz CT molecular complexity index is 4750. The van der Waals surface area contributed by atoms with Crippen molar-refractivity contribution >= 4 is 106 Å². The molecule has 2 aliphatic heterocycles. The van der Waals surface area contributed by atoms with Crippen LogP contribution in [-0.4, -0.2) is 174 Å². The van der Waals surface area contributed by atoms with Gasteiger partial charge in [0.1, 0.15) is 39.2 Å². The third-order valence-electron chi connectivity index (χ3n) is 16.6. The molecule has 0 spiro atoms. The third kappa shape index (κ3) is 14.5. The fourth-order valence-electron chi connectivity index (χ4n) is 11.4. The number of hydrogen-bond acceptors (Lipinski definition) is 17. The van der Waals surface area contributed by atoms with E-state index in [-0.39, 0.29) is 24.7 Å². The highest BCUT2D eigenvalue weighted by Crippen LogP contribution is 2.45. The second kappa shape index (κ2) is 28.4. The fraction of sp³-hybridized carbons (Fsp3) is 0.318. The maximum Gasteiger partial charge on any atom is 0.244 e. The van der Waals surface area contributed by atoms with Gasteiger partial charge in [-0.1, -0.05) is 168 Å². The lowest BCUT2D eigenvalue weighted by Crippen LogP contribution is -2.45. The predicted octanol–water partition coefficient (Wildman–Crippen LogP) is 11.8. The molecule has 1 amide bonds. The molecule has 8 aromatic heterocycles. The number of carbonyl (C=O) groups excluding carboxylic acids is 1. The van der Waals surface area contributed by atoms with E-state index in [4.69, 9.17) is 46.4 Å². The molecule has 10 heterocycles. The van der Waals surface area contributed by atoms with Crippen molar-refractivity contribution in [2.75, 3.05) is 64.9 Å². The fourth-order valence-corrected chi connectivity index (χ4v) is 13.3. The van der Waals surface area contributed by atoms with Gasteiger partial charge in [0.15, 0.2) is 16.9 Å². The molecule has 1 N–H and O–H groups in total. The standard InChI is InChI=1S/C19H23ClN6.C18H18ClN5O.C17H17ClN4O2S.C12H9ClN4/c1-14-16-17(20)18(15-6-4-3-5-7-15)21-22-19(16)26(23-14)13-12-25-10-8-24(2)9-11-25;1-12-15-16(19)17(13-7-3-2-4-8-13)20-21-18(15)24(22-12)11-14(25)23-9-5-6-10-23;1-25(23,24)10-9-22-17-13(15(21-22)12-7-8-12)14(18)16(19-20-17)11-5-3-2-4-6-11;1-7-9-10(13)11(8-5-3-2-4-6-8)15-17-12(9)16-14-7/h3-7H,8-13H2,1-2H3;2-4,7-8H,5-6,9-11H2,1H3;2-6,12H,7-10H2,1H3;2-6H,1H3,(H,14,16,17). The monoisotopic (exact) mass is 1350 g/mol. The van der Waals surface area contributed by atoms with E-state index in [1.807, 2.05) is 152 Å². The topological polar surface area (TPSA) is 246 Å². The van der Waals surface area contributed by atoms with Crippen LogP contribution < -0.4 is 0 Å². The molecule has 478 valence electrons. The average molecular weight is 1350 g/mol. The van der Waals surface area contributed by atoms with Crippen molar-refractivity contribution in [1.29, 1.82) is 0 Å². The molecule has 0 atom stereocenters. The van der Waals surface area contributed by atoms with Crippen molar-refractivity contribution in [2.24, 2.45) is 0 Å². The van der Waals surface area contributed by atoms with Gasteiger partial charge in [0, 0.05) is 85.9 Å². The van der Waals surface area contributed by atoms with Crippen LogP contribution in [0.5, 0.6) is 0 Å². The molecule has 15 rings (SSSR count). The number of fused-ring (bicyclic) bond motifs is 4. The van der Waals surface area contributed by atoms with Crippen molar-refractivity contribution in [2.45, 2.75) is 72.0 Å². The highest BCUT2D eigenvalue weighted by molar-refractivity contribution is 7.90. The summed E-state index contributed by atoms with van der Waals surface area (Å²) in [5, 5.41) is 60.5. The molecule has 93 heavy (non-hydrogen) atoms. The van der Waals surface area contributed by atoms with Crippen LogP contribution in [0.1, 0.15) is 54.4 Å². The van der Waals surface area contributed by atoms with E-state index >= 15 is 0 Å². The van der Waals surface area contributed by atoms with Gasteiger partial charge in [-0.05, 0) is 53.5 Å². The zero-order valence-corrected chi connectivity index (χ0v) is 55.8. The molecule has 2 saturated heterocycles. The van der Waals surface area contributed by atoms with Crippen LogP contribution in [0.25, 0.3) is 89.2 Å². The summed E-state index contributed by atoms with van der Waals surface area (Å²) in [6.45, 7) is 14.0. The van der Waals surface area contributed by atoms with Gasteiger partial charge in [-0.2, -0.15) is 20.4 Å². The molecule has 3 fully saturated rings. The number of hydrogen-bond donors (Lipinski definition) is 1. The number of aromatic nitrogens is 16. The predicted molar refractivity (Wildman–Crippen MR) is 365 cm³/mol. The smallest absolute Gasteiger partial charge is 0.244 e. The number of benzene rings is 4. The number of piperazine rings is 1. The lowest BCUT2D eigenvalue weighted by atomic mass is 10.1. The van der Waals surface area contributed by atoms with Gasteiger partial charge in [-0.25, -0.2) is 22.5 Å². The molecular formula is C66H67Cl4N19O3S. The Morgan fingerprint density at radius 1 is 0.505 bits per heavy atom. The largest absolute Gasteiger partial charge is 0.341 e. The Kier molecular flexibility index (Phi) is 19.8. The van der Waals surface area contributed by atoms with Gasteiger partial charge in [0.25, 0.3) is 0 Å². The normalized spacial score (nSPS) is 14.5. The maximum atomic E-state index is 12.4. The molecule has 1 saturated carbocycles. The summed E-state index contributed by atoms with van der Waals surface area (Å²) >= 11 is 26.3. The lowest BCUT2D eigenvalue weighted by molar-refractivity contribution is -0.130. The number of aryl methyl sites for hydroxylation is 4. The molecule has 0 unspecified atom stereocenters. The number of H-pyrrole nitrogens is 1. The zero-order valence-electron chi connectivity index (χ0n) is 51.9. The number of rotatable bonds is 13. The summed E-state index contributed by atoms with van der Waals surface area (Å²) in [7, 11) is -0.919. The Labute approximate surface area is 557 Å². The Morgan fingerprint density at radius 3 is 1.40 bits per heavy atom. The molecule has 27 heteroatoms. The van der Waals surface area contributed by atoms with Gasteiger partial charge in [0.05, 0.1) is 77.6 Å². The number of halogens is 4. The number of likely N-dealkylation sites (N-methyl/N-ethyl adjacent to an activating group) is 1. The first-order valence-corrected chi connectivity index (χ1v) is 34.2. The number of amides is 1. The van der Waals surface area contributed by atoms with E-state index in [1.54, 1.807) is 9.36 Å². The minimum Gasteiger partial charge on any atom is -0.341 e. The van der Waals surface area contributed by atoms with Crippen LogP contribution in [-0.2, 0) is 34.3 Å². The molecule has 4 aromatic carbocycles. The van der Waals surface area contributed by atoms with Crippen molar-refractivity contribution in [3.8, 4) is 45.0 Å². The van der Waals surface area contributed by atoms with Crippen molar-refractivity contribution in [3.63, 3.8) is 0 Å². The summed E-state index contributed by atoms with van der Waals surface area (Å²) in [5.74, 6) is 0.437. The molecule has 3 aliphatic rings. The highest BCUT2D eigenvalue weighted by atomic mass is 35.5. The van der Waals surface area contributed by atoms with E-state index in [0.717, 1.165) is 150 Å². The van der Waals surface area contributed by atoms with Crippen molar-refractivity contribution < 1.29 is 13.2 Å². The molecular weight excluding hydrogens is 1280 g/mol. The number of likely N-dealkylation sites (tertiary alicyclic amines) is 1. The molecule has 0 bridgehead atoms. The minimum absolute atomic E-state index is 0.00756. The second-order valence-electron chi connectivity index (χ2n) is 23.4. The number of carbonyl (C=O) groups is 1. The molecule has 1 aliphatic carbocycles. The SMILES string of the molecule is CS(=O)(=O)CCn1nc(C2CC2)c2c(Cl)c(-c3ccccc3)nnc21.Cc1[nH]nc2nnc(-c3ccccc3)c(Cl)c12.Cc1nn(CC(=O)N2CCCC2)c2nnc(-c3ccccc3)c(Cl)c12.Cc1nn(CCN2CCN(C)CC2)c2nnc(-c3ccccc3)c(Cl)c12. The van der Waals surface area contributed by atoms with Crippen LogP contribution in [0, 0.1) is 20.8 Å². The zero-order chi connectivity index (χ0) is 64.9. The summed E-state index contributed by atoms with van der Waals surface area (Å²) in [6.07, 6.45) is 5.48. The van der Waals surface area contributed by atoms with E-state index in [0.29, 0.717) is 65.7 Å². The summed E-state index contributed by atoms with van der Waals surface area (Å²) in [4.78, 5) is 19.1. The first-order valence-electron chi connectivity index (χ1n) is 30.7. The second-order valence-corrected chi connectivity index (χ2v) is 27.1. The number of aromatic amines is 1. The molecule has 0 radical (unpaired) electrons. The van der Waals surface area contributed by atoms with E-state index in [1.165, 1.54) is 6.26 Å². The van der Waals surface area contributed by atoms with E-state index in [9.17, 15) is 13.2 Å². The van der Waals surface area contributed by atoms with E-state index < -0.39 is 9.84 Å². The van der Waals surface area contributed by atoms with Crippen molar-refractivity contribution in [1.82, 2.24) is 95.0 Å². The summed E-state index contributed by atoms with van der Waals surface area (Å²) in [5.41, 5.74) is 12.2.